The highest BCUT2D eigenvalue weighted by Gasteiger charge is 2.67. The van der Waals surface area contributed by atoms with E-state index in [1.807, 2.05) is 60.7 Å². The van der Waals surface area contributed by atoms with Gasteiger partial charge in [-0.05, 0) is 18.2 Å². The van der Waals surface area contributed by atoms with Gasteiger partial charge in [-0.1, -0.05) is 36.4 Å². The molecule has 2 bridgehead atoms. The number of nitrogens with one attached hydrogen (secondary N) is 1. The van der Waals surface area contributed by atoms with E-state index in [0.717, 1.165) is 11.3 Å². The fourth-order valence-electron chi connectivity index (χ4n) is 4.94. The van der Waals surface area contributed by atoms with Gasteiger partial charge in [-0.3, -0.25) is 9.59 Å². The number of ether oxygens (including phenoxy) is 3. The first-order valence-electron chi connectivity index (χ1n) is 10.3. The second kappa shape index (κ2) is 7.42. The normalized spacial score (nSPS) is 28.0. The number of amides is 2. The molecule has 3 aliphatic heterocycles. The first-order chi connectivity index (χ1) is 15.1. The van der Waals surface area contributed by atoms with Crippen molar-refractivity contribution in [1.82, 2.24) is 5.32 Å². The van der Waals surface area contributed by atoms with Crippen LogP contribution in [-0.2, 0) is 20.9 Å². The Labute approximate surface area is 180 Å². The maximum absolute atomic E-state index is 13.4. The number of fused-ring (bicyclic) bond motifs is 1. The Balaban J connectivity index is 1.37. The lowest BCUT2D eigenvalue weighted by molar-refractivity contribution is -0.132. The van der Waals surface area contributed by atoms with Crippen LogP contribution in [0.2, 0.25) is 0 Å². The predicted octanol–water partition coefficient (Wildman–Crippen LogP) is 2.31. The van der Waals surface area contributed by atoms with Crippen molar-refractivity contribution in [2.45, 2.75) is 18.2 Å². The van der Waals surface area contributed by atoms with E-state index in [1.54, 1.807) is 19.1 Å². The van der Waals surface area contributed by atoms with Crippen LogP contribution in [0.3, 0.4) is 0 Å². The first-order valence-corrected chi connectivity index (χ1v) is 10.3. The summed E-state index contributed by atoms with van der Waals surface area (Å²) in [5.74, 6) is -0.0177. The lowest BCUT2D eigenvalue weighted by Gasteiger charge is -2.23. The molecule has 5 rings (SSSR count). The van der Waals surface area contributed by atoms with E-state index < -0.39 is 17.4 Å². The van der Waals surface area contributed by atoms with Crippen molar-refractivity contribution >= 4 is 17.5 Å². The van der Waals surface area contributed by atoms with E-state index in [1.165, 1.54) is 0 Å². The van der Waals surface area contributed by atoms with Gasteiger partial charge in [-0.15, -0.1) is 0 Å². The number of para-hydroxylation sites is 1. The topological polar surface area (TPSA) is 77.1 Å². The van der Waals surface area contributed by atoms with Crippen LogP contribution >= 0.6 is 0 Å². The molecule has 2 aromatic carbocycles. The minimum atomic E-state index is -0.767. The third kappa shape index (κ3) is 3.08. The third-order valence-electron chi connectivity index (χ3n) is 6.41. The molecule has 3 heterocycles. The number of hydrogen-bond acceptors (Lipinski definition) is 5. The zero-order valence-electron chi connectivity index (χ0n) is 17.4. The van der Waals surface area contributed by atoms with Crippen molar-refractivity contribution < 1.29 is 23.8 Å². The summed E-state index contributed by atoms with van der Waals surface area (Å²) in [4.78, 5) is 28.3. The highest BCUT2D eigenvalue weighted by Crippen LogP contribution is 2.52. The molecule has 2 saturated heterocycles. The second-order valence-corrected chi connectivity index (χ2v) is 8.06. The zero-order valence-corrected chi connectivity index (χ0v) is 17.4. The van der Waals surface area contributed by atoms with Gasteiger partial charge < -0.3 is 24.4 Å². The van der Waals surface area contributed by atoms with Crippen molar-refractivity contribution in [3.8, 4) is 11.5 Å². The molecule has 2 amide bonds. The van der Waals surface area contributed by atoms with Crippen LogP contribution < -0.4 is 19.7 Å². The van der Waals surface area contributed by atoms with Gasteiger partial charge in [0.1, 0.15) is 17.1 Å². The summed E-state index contributed by atoms with van der Waals surface area (Å²) in [6.07, 6.45) is 3.47. The molecule has 160 valence electrons. The van der Waals surface area contributed by atoms with Gasteiger partial charge in [-0.2, -0.15) is 0 Å². The minimum absolute atomic E-state index is 0.0995. The van der Waals surface area contributed by atoms with Gasteiger partial charge in [0.2, 0.25) is 11.8 Å². The van der Waals surface area contributed by atoms with Crippen LogP contribution in [0.25, 0.3) is 0 Å². The molecule has 2 fully saturated rings. The van der Waals surface area contributed by atoms with Crippen LogP contribution in [0.5, 0.6) is 11.5 Å². The maximum atomic E-state index is 13.4. The average Bonchev–Trinajstić information content (AvgIpc) is 3.46. The second-order valence-electron chi connectivity index (χ2n) is 8.06. The molecule has 0 radical (unpaired) electrons. The molecule has 7 heteroatoms. The van der Waals surface area contributed by atoms with Crippen molar-refractivity contribution in [2.75, 3.05) is 25.7 Å². The molecule has 0 aliphatic carbocycles. The van der Waals surface area contributed by atoms with Gasteiger partial charge in [0, 0.05) is 23.9 Å². The smallest absolute Gasteiger partial charge is 0.234 e. The molecule has 4 atom stereocenters. The van der Waals surface area contributed by atoms with E-state index in [0.29, 0.717) is 24.6 Å². The summed E-state index contributed by atoms with van der Waals surface area (Å²) >= 11 is 0. The Morgan fingerprint density at radius 1 is 1.19 bits per heavy atom. The number of nitrogens with zero attached hydrogens (tertiary/aromatic N) is 1. The van der Waals surface area contributed by atoms with Gasteiger partial charge >= 0.3 is 0 Å². The Bertz CT molecular complexity index is 1070. The fraction of sp³-hybridized carbons (Fsp3) is 0.333. The average molecular weight is 420 g/mol. The van der Waals surface area contributed by atoms with Crippen molar-refractivity contribution in [3.05, 3.63) is 66.2 Å². The van der Waals surface area contributed by atoms with Crippen molar-refractivity contribution in [2.24, 2.45) is 11.8 Å². The number of benzene rings is 2. The number of methoxy groups -OCH3 is 2. The Morgan fingerprint density at radius 2 is 2.03 bits per heavy atom. The summed E-state index contributed by atoms with van der Waals surface area (Å²) in [5, 5.41) is 2.98. The molecule has 31 heavy (non-hydrogen) atoms. The number of hydrogen-bond donors (Lipinski definition) is 1. The Hall–Kier alpha value is -3.32. The van der Waals surface area contributed by atoms with Crippen LogP contribution in [-0.4, -0.2) is 44.3 Å². The van der Waals surface area contributed by atoms with Crippen molar-refractivity contribution in [3.63, 3.8) is 0 Å². The van der Waals surface area contributed by atoms with E-state index in [2.05, 4.69) is 5.32 Å². The monoisotopic (exact) mass is 420 g/mol. The number of carbonyl (C=O) groups is 2. The zero-order chi connectivity index (χ0) is 21.6. The fourth-order valence-corrected chi connectivity index (χ4v) is 4.94. The molecular weight excluding hydrogens is 396 g/mol. The summed E-state index contributed by atoms with van der Waals surface area (Å²) in [5.41, 5.74) is 0.849. The summed E-state index contributed by atoms with van der Waals surface area (Å²) < 4.78 is 16.9. The molecule has 1 N–H and O–H groups in total. The Kier molecular flexibility index (Phi) is 4.70. The van der Waals surface area contributed by atoms with E-state index in [9.17, 15) is 9.59 Å². The van der Waals surface area contributed by atoms with E-state index in [-0.39, 0.29) is 17.9 Å². The first kappa shape index (κ1) is 19.6. The standard InChI is InChI=1S/C24H24N2O5/c1-29-17-8-5-7-16(12-17)26-14-24-11-10-19(31-24)20(21(24)23(26)28)22(27)25-13-15-6-3-4-9-18(15)30-2/h3-12,19-21H,13-14H2,1-2H3,(H,25,27)/t19-,20+,21-,24-/m1/s1. The number of rotatable bonds is 6. The predicted molar refractivity (Wildman–Crippen MR) is 114 cm³/mol. The van der Waals surface area contributed by atoms with E-state index in [4.69, 9.17) is 14.2 Å². The van der Waals surface area contributed by atoms with Gasteiger partial charge in [0.25, 0.3) is 0 Å². The third-order valence-corrected chi connectivity index (χ3v) is 6.41. The van der Waals surface area contributed by atoms with Crippen LogP contribution in [0.4, 0.5) is 5.69 Å². The summed E-state index contributed by atoms with van der Waals surface area (Å²) in [7, 11) is 3.19. The SMILES string of the molecule is COc1cccc(N2C[C@@]34C=C[C@@H](O3)[C@H](C(=O)NCc3ccccc3OC)[C@@H]4C2=O)c1. The Morgan fingerprint density at radius 3 is 2.84 bits per heavy atom. The molecule has 0 aromatic heterocycles. The van der Waals surface area contributed by atoms with Crippen LogP contribution in [0.1, 0.15) is 5.56 Å². The molecule has 0 unspecified atom stereocenters. The van der Waals surface area contributed by atoms with Crippen molar-refractivity contribution in [1.29, 1.82) is 0 Å². The highest BCUT2D eigenvalue weighted by atomic mass is 16.5. The molecule has 0 saturated carbocycles. The molecule has 7 nitrogen and oxygen atoms in total. The number of carbonyl (C=O) groups excluding carboxylic acids is 2. The van der Waals surface area contributed by atoms with Gasteiger partial charge in [0.05, 0.1) is 38.7 Å². The van der Waals surface area contributed by atoms with Crippen LogP contribution in [0, 0.1) is 11.8 Å². The highest BCUT2D eigenvalue weighted by molar-refractivity contribution is 6.03. The largest absolute Gasteiger partial charge is 0.497 e. The summed E-state index contributed by atoms with van der Waals surface area (Å²) in [6, 6.07) is 14.9. The number of anilines is 1. The molecular formula is C24H24N2O5. The quantitative estimate of drug-likeness (QED) is 0.726. The molecule has 2 aromatic rings. The van der Waals surface area contributed by atoms with Gasteiger partial charge in [0.15, 0.2) is 0 Å². The summed E-state index contributed by atoms with van der Waals surface area (Å²) in [6.45, 7) is 0.705. The molecule has 1 spiro atoms. The lowest BCUT2D eigenvalue weighted by Crippen LogP contribution is -2.44. The van der Waals surface area contributed by atoms with Crippen LogP contribution in [0.15, 0.2) is 60.7 Å². The van der Waals surface area contributed by atoms with E-state index >= 15 is 0 Å². The minimum Gasteiger partial charge on any atom is -0.497 e. The van der Waals surface area contributed by atoms with Gasteiger partial charge in [-0.25, -0.2) is 0 Å². The molecule has 3 aliphatic rings. The lowest BCUT2D eigenvalue weighted by atomic mass is 9.77. The maximum Gasteiger partial charge on any atom is 0.234 e.